The Morgan fingerprint density at radius 1 is 1.50 bits per heavy atom. The third-order valence-corrected chi connectivity index (χ3v) is 3.02. The number of hydrogen-bond acceptors (Lipinski definition) is 5. The van der Waals surface area contributed by atoms with Gasteiger partial charge in [0.2, 0.25) is 0 Å². The number of primary amides is 1. The first-order valence-corrected chi connectivity index (χ1v) is 5.57. The molecule has 1 aromatic carbocycles. The van der Waals surface area contributed by atoms with Crippen LogP contribution < -0.4 is 5.73 Å². The zero-order chi connectivity index (χ0) is 13.3. The molecule has 1 amide bonds. The van der Waals surface area contributed by atoms with Gasteiger partial charge in [-0.3, -0.25) is 14.9 Å². The average molecular weight is 267 g/mol. The number of nitro benzene ring substituents is 1. The van der Waals surface area contributed by atoms with Crippen LogP contribution in [-0.2, 0) is 0 Å². The topological polar surface area (TPSA) is 99.1 Å². The zero-order valence-electron chi connectivity index (χ0n) is 8.79. The van der Waals surface area contributed by atoms with Gasteiger partial charge in [0.1, 0.15) is 10.6 Å². The largest absolute Gasteiger partial charge is 0.366 e. The van der Waals surface area contributed by atoms with Crippen LogP contribution in [0.2, 0.25) is 0 Å². The molecule has 0 saturated heterocycles. The lowest BCUT2D eigenvalue weighted by atomic mass is 10.1. The van der Waals surface area contributed by atoms with Crippen molar-refractivity contribution in [1.82, 2.24) is 4.98 Å². The first-order chi connectivity index (χ1) is 8.52. The summed E-state index contributed by atoms with van der Waals surface area (Å²) in [6.07, 6.45) is 1.39. The van der Waals surface area contributed by atoms with Gasteiger partial charge in [-0.1, -0.05) is 0 Å². The van der Waals surface area contributed by atoms with Crippen LogP contribution in [-0.4, -0.2) is 15.8 Å². The third-order valence-electron chi connectivity index (χ3n) is 2.23. The van der Waals surface area contributed by atoms with E-state index in [-0.39, 0.29) is 10.6 Å². The number of nitrogens with two attached hydrogens (primary N) is 1. The number of thiazole rings is 1. The zero-order valence-corrected chi connectivity index (χ0v) is 9.61. The van der Waals surface area contributed by atoms with E-state index in [9.17, 15) is 19.3 Å². The molecule has 0 aliphatic carbocycles. The van der Waals surface area contributed by atoms with E-state index in [1.165, 1.54) is 6.20 Å². The fourth-order valence-corrected chi connectivity index (χ4v) is 2.14. The molecule has 0 aliphatic rings. The van der Waals surface area contributed by atoms with Crippen molar-refractivity contribution >= 4 is 22.9 Å². The number of hydrogen-bond donors (Lipinski definition) is 1. The van der Waals surface area contributed by atoms with Crippen LogP contribution in [0, 0.1) is 15.9 Å². The maximum absolute atomic E-state index is 14.1. The molecule has 2 N–H and O–H groups in total. The lowest BCUT2D eigenvalue weighted by Gasteiger charge is -2.04. The van der Waals surface area contributed by atoms with Crippen molar-refractivity contribution in [1.29, 1.82) is 0 Å². The Morgan fingerprint density at radius 3 is 2.72 bits per heavy atom. The molecule has 0 atom stereocenters. The molecule has 8 heteroatoms. The number of carbonyl (C=O) groups excluding carboxylic acids is 1. The molecule has 2 aromatic rings. The van der Waals surface area contributed by atoms with E-state index >= 15 is 0 Å². The number of amides is 1. The van der Waals surface area contributed by atoms with Crippen molar-refractivity contribution in [2.24, 2.45) is 5.73 Å². The van der Waals surface area contributed by atoms with Gasteiger partial charge in [-0.2, -0.15) is 0 Å². The molecule has 0 bridgehead atoms. The Balaban J connectivity index is 2.77. The van der Waals surface area contributed by atoms with Crippen LogP contribution in [0.5, 0.6) is 0 Å². The Hall–Kier alpha value is -2.35. The second-order valence-electron chi connectivity index (χ2n) is 3.28. The van der Waals surface area contributed by atoms with Gasteiger partial charge in [-0.25, -0.2) is 9.37 Å². The molecular weight excluding hydrogens is 261 g/mol. The molecule has 0 spiro atoms. The van der Waals surface area contributed by atoms with Gasteiger partial charge >= 0.3 is 0 Å². The monoisotopic (exact) mass is 267 g/mol. The number of aromatic nitrogens is 1. The lowest BCUT2D eigenvalue weighted by Crippen LogP contribution is -2.14. The summed E-state index contributed by atoms with van der Waals surface area (Å²) >= 11 is 1.03. The van der Waals surface area contributed by atoms with Crippen LogP contribution in [0.15, 0.2) is 23.7 Å². The minimum atomic E-state index is -1.02. The Kier molecular flexibility index (Phi) is 3.02. The summed E-state index contributed by atoms with van der Waals surface area (Å²) in [4.78, 5) is 25.0. The first kappa shape index (κ1) is 12.1. The number of nitro groups is 1. The fraction of sp³-hybridized carbons (Fsp3) is 0. The van der Waals surface area contributed by atoms with Crippen LogP contribution in [0.1, 0.15) is 10.4 Å². The molecule has 18 heavy (non-hydrogen) atoms. The van der Waals surface area contributed by atoms with Gasteiger partial charge in [0.15, 0.2) is 5.82 Å². The highest BCUT2D eigenvalue weighted by Crippen LogP contribution is 2.35. The van der Waals surface area contributed by atoms with Gasteiger partial charge in [0, 0.05) is 17.6 Å². The van der Waals surface area contributed by atoms with Crippen LogP contribution in [0.25, 0.3) is 10.6 Å². The molecule has 92 valence electrons. The van der Waals surface area contributed by atoms with E-state index in [1.807, 2.05) is 0 Å². The molecule has 0 fully saturated rings. The van der Waals surface area contributed by atoms with Crippen LogP contribution in [0.4, 0.5) is 10.1 Å². The standard InChI is InChI=1S/C10H6FN3O3S/c11-8-5(9(12)15)1-2-6(14(16)17)7(8)10-13-3-4-18-10/h1-4H,(H2,12,15). The molecule has 0 radical (unpaired) electrons. The van der Waals surface area contributed by atoms with Crippen molar-refractivity contribution in [2.75, 3.05) is 0 Å². The first-order valence-electron chi connectivity index (χ1n) is 4.69. The lowest BCUT2D eigenvalue weighted by molar-refractivity contribution is -0.384. The summed E-state index contributed by atoms with van der Waals surface area (Å²) in [7, 11) is 0. The van der Waals surface area contributed by atoms with Gasteiger partial charge in [-0.15, -0.1) is 11.3 Å². The molecule has 2 rings (SSSR count). The van der Waals surface area contributed by atoms with Crippen molar-refractivity contribution < 1.29 is 14.1 Å². The number of nitrogens with zero attached hydrogens (tertiary/aromatic N) is 2. The number of carbonyl (C=O) groups is 1. The molecule has 1 heterocycles. The maximum atomic E-state index is 14.1. The third kappa shape index (κ3) is 1.93. The maximum Gasteiger partial charge on any atom is 0.282 e. The fourth-order valence-electron chi connectivity index (χ4n) is 1.46. The van der Waals surface area contributed by atoms with Gasteiger partial charge < -0.3 is 5.73 Å². The number of benzene rings is 1. The molecule has 0 aliphatic heterocycles. The summed E-state index contributed by atoms with van der Waals surface area (Å²) in [5, 5.41) is 12.5. The van der Waals surface area contributed by atoms with Crippen LogP contribution in [0.3, 0.4) is 0 Å². The minimum Gasteiger partial charge on any atom is -0.366 e. The SMILES string of the molecule is NC(=O)c1ccc([N+](=O)[O-])c(-c2nccs2)c1F. The highest BCUT2D eigenvalue weighted by Gasteiger charge is 2.25. The molecule has 1 aromatic heterocycles. The van der Waals surface area contributed by atoms with Crippen LogP contribution >= 0.6 is 11.3 Å². The van der Waals surface area contributed by atoms with Gasteiger partial charge in [0.25, 0.3) is 11.6 Å². The number of rotatable bonds is 3. The Bertz CT molecular complexity index is 628. The second-order valence-corrected chi connectivity index (χ2v) is 4.17. The molecule has 0 unspecified atom stereocenters. The average Bonchev–Trinajstić information content (AvgIpc) is 2.80. The number of halogens is 1. The van der Waals surface area contributed by atoms with Crippen molar-refractivity contribution in [3.05, 3.63) is 45.2 Å². The van der Waals surface area contributed by atoms with E-state index < -0.39 is 27.9 Å². The summed E-state index contributed by atoms with van der Waals surface area (Å²) in [5.74, 6) is -2.01. The van der Waals surface area contributed by atoms with Gasteiger partial charge in [0.05, 0.1) is 10.5 Å². The van der Waals surface area contributed by atoms with Gasteiger partial charge in [-0.05, 0) is 6.07 Å². The highest BCUT2D eigenvalue weighted by atomic mass is 32.1. The Morgan fingerprint density at radius 2 is 2.22 bits per heavy atom. The Labute approximate surface area is 104 Å². The smallest absolute Gasteiger partial charge is 0.282 e. The van der Waals surface area contributed by atoms with Crippen molar-refractivity contribution in [3.63, 3.8) is 0 Å². The van der Waals surface area contributed by atoms with Crippen molar-refractivity contribution in [2.45, 2.75) is 0 Å². The van der Waals surface area contributed by atoms with E-state index in [2.05, 4.69) is 4.98 Å². The van der Waals surface area contributed by atoms with E-state index in [4.69, 9.17) is 5.73 Å². The molecular formula is C10H6FN3O3S. The summed E-state index contributed by atoms with van der Waals surface area (Å²) in [5.41, 5.74) is 3.83. The normalized spacial score (nSPS) is 10.3. The summed E-state index contributed by atoms with van der Waals surface area (Å²) in [6, 6.07) is 2.03. The predicted octanol–water partition coefficient (Wildman–Crippen LogP) is 1.96. The molecule has 0 saturated carbocycles. The highest BCUT2D eigenvalue weighted by molar-refractivity contribution is 7.13. The summed E-state index contributed by atoms with van der Waals surface area (Å²) in [6.45, 7) is 0. The van der Waals surface area contributed by atoms with E-state index in [0.717, 1.165) is 23.5 Å². The second kappa shape index (κ2) is 4.49. The molecule has 6 nitrogen and oxygen atoms in total. The quantitative estimate of drug-likeness (QED) is 0.678. The van der Waals surface area contributed by atoms with E-state index in [1.54, 1.807) is 5.38 Å². The minimum absolute atomic E-state index is 0.127. The predicted molar refractivity (Wildman–Crippen MR) is 62.7 cm³/mol. The van der Waals surface area contributed by atoms with E-state index in [0.29, 0.717) is 0 Å². The van der Waals surface area contributed by atoms with Crippen molar-refractivity contribution in [3.8, 4) is 10.6 Å². The summed E-state index contributed by atoms with van der Waals surface area (Å²) < 4.78 is 14.1.